The molecule has 1 aromatic heterocycles. The number of hydrogen-bond donors (Lipinski definition) is 1. The van der Waals surface area contributed by atoms with Crippen LogP contribution in [0.5, 0.6) is 0 Å². The number of nitrogens with zero attached hydrogens (tertiary/aromatic N) is 4. The van der Waals surface area contributed by atoms with Gasteiger partial charge in [-0.15, -0.1) is 0 Å². The van der Waals surface area contributed by atoms with Crippen molar-refractivity contribution in [1.82, 2.24) is 20.2 Å². The van der Waals surface area contributed by atoms with E-state index in [1.54, 1.807) is 24.1 Å². The predicted molar refractivity (Wildman–Crippen MR) is 94.1 cm³/mol. The molecule has 0 aromatic carbocycles. The van der Waals surface area contributed by atoms with Crippen LogP contribution in [0.3, 0.4) is 0 Å². The molecule has 0 spiro atoms. The first-order valence-electron chi connectivity index (χ1n) is 9.05. The van der Waals surface area contributed by atoms with Gasteiger partial charge in [-0.25, -0.2) is 14.8 Å². The van der Waals surface area contributed by atoms with Crippen LogP contribution >= 0.6 is 0 Å². The Bertz CT molecular complexity index is 627. The van der Waals surface area contributed by atoms with Crippen LogP contribution in [0, 0.1) is 0 Å². The average molecular weight is 363 g/mol. The number of rotatable bonds is 4. The molecule has 26 heavy (non-hydrogen) atoms. The Kier molecular flexibility index (Phi) is 6.21. The summed E-state index contributed by atoms with van der Waals surface area (Å²) in [6.45, 7) is 6.03. The highest BCUT2D eigenvalue weighted by Crippen LogP contribution is 2.13. The predicted octanol–water partition coefficient (Wildman–Crippen LogP) is 0.664. The van der Waals surface area contributed by atoms with Crippen LogP contribution in [0.1, 0.15) is 30.3 Å². The molecule has 0 radical (unpaired) electrons. The van der Waals surface area contributed by atoms with Gasteiger partial charge >= 0.3 is 6.09 Å². The van der Waals surface area contributed by atoms with Gasteiger partial charge in [-0.05, 0) is 25.8 Å². The molecule has 2 aliphatic heterocycles. The summed E-state index contributed by atoms with van der Waals surface area (Å²) in [7, 11) is 0. The van der Waals surface area contributed by atoms with E-state index in [-0.39, 0.29) is 18.0 Å². The first-order valence-corrected chi connectivity index (χ1v) is 9.05. The second-order valence-electron chi connectivity index (χ2n) is 6.28. The Labute approximate surface area is 152 Å². The topological polar surface area (TPSA) is 96.9 Å². The van der Waals surface area contributed by atoms with Crippen molar-refractivity contribution in [2.75, 3.05) is 50.9 Å². The number of hydrogen-bond acceptors (Lipinski definition) is 7. The summed E-state index contributed by atoms with van der Waals surface area (Å²) >= 11 is 0. The van der Waals surface area contributed by atoms with Gasteiger partial charge in [0, 0.05) is 38.4 Å². The number of anilines is 1. The molecular weight excluding hydrogens is 338 g/mol. The van der Waals surface area contributed by atoms with E-state index in [1.165, 1.54) is 0 Å². The van der Waals surface area contributed by atoms with Crippen LogP contribution in [0.15, 0.2) is 12.3 Å². The number of carbonyl (C=O) groups is 2. The van der Waals surface area contributed by atoms with E-state index >= 15 is 0 Å². The van der Waals surface area contributed by atoms with Crippen LogP contribution in [0.4, 0.5) is 10.7 Å². The largest absolute Gasteiger partial charge is 0.450 e. The average Bonchev–Trinajstić information content (AvgIpc) is 2.69. The standard InChI is InChI=1S/C17H25N5O4/c1-2-26-17(24)22-7-4-13(5-8-22)19-15(23)14-3-6-18-16(20-14)21-9-11-25-12-10-21/h3,6,13H,2,4-5,7-12H2,1H3,(H,19,23). The molecule has 0 saturated carbocycles. The Morgan fingerprint density at radius 3 is 2.69 bits per heavy atom. The normalized spacial score (nSPS) is 18.5. The first-order chi connectivity index (χ1) is 12.7. The molecule has 2 aliphatic rings. The third kappa shape index (κ3) is 4.60. The molecule has 3 heterocycles. The lowest BCUT2D eigenvalue weighted by molar-refractivity contribution is 0.0856. The van der Waals surface area contributed by atoms with Crippen molar-refractivity contribution < 1.29 is 19.1 Å². The molecule has 2 fully saturated rings. The van der Waals surface area contributed by atoms with Gasteiger partial charge in [-0.1, -0.05) is 0 Å². The van der Waals surface area contributed by atoms with E-state index in [0.29, 0.717) is 57.4 Å². The number of morpholine rings is 1. The summed E-state index contributed by atoms with van der Waals surface area (Å²) in [5.41, 5.74) is 0.356. The second-order valence-corrected chi connectivity index (χ2v) is 6.28. The van der Waals surface area contributed by atoms with Gasteiger partial charge in [-0.3, -0.25) is 4.79 Å². The maximum atomic E-state index is 12.5. The van der Waals surface area contributed by atoms with Crippen LogP contribution in [0.25, 0.3) is 0 Å². The minimum absolute atomic E-state index is 0.0231. The quantitative estimate of drug-likeness (QED) is 0.839. The first kappa shape index (κ1) is 18.4. The number of amides is 2. The fourth-order valence-corrected chi connectivity index (χ4v) is 3.07. The highest BCUT2D eigenvalue weighted by molar-refractivity contribution is 5.92. The molecule has 9 heteroatoms. The lowest BCUT2D eigenvalue weighted by Crippen LogP contribution is -2.47. The van der Waals surface area contributed by atoms with Crippen LogP contribution in [0.2, 0.25) is 0 Å². The van der Waals surface area contributed by atoms with Crippen molar-refractivity contribution in [1.29, 1.82) is 0 Å². The third-order valence-electron chi connectivity index (χ3n) is 4.53. The van der Waals surface area contributed by atoms with Crippen molar-refractivity contribution in [3.05, 3.63) is 18.0 Å². The third-order valence-corrected chi connectivity index (χ3v) is 4.53. The summed E-state index contributed by atoms with van der Waals surface area (Å²) in [6.07, 6.45) is 2.72. The van der Waals surface area contributed by atoms with Gasteiger partial charge in [0.1, 0.15) is 5.69 Å². The number of carbonyl (C=O) groups excluding carboxylic acids is 2. The Balaban J connectivity index is 1.53. The molecule has 3 rings (SSSR count). The van der Waals surface area contributed by atoms with E-state index in [1.807, 2.05) is 4.90 Å². The van der Waals surface area contributed by atoms with Gasteiger partial charge < -0.3 is 24.6 Å². The zero-order valence-corrected chi connectivity index (χ0v) is 15.0. The minimum atomic E-state index is -0.289. The summed E-state index contributed by atoms with van der Waals surface area (Å²) in [4.78, 5) is 36.6. The zero-order chi connectivity index (χ0) is 18.4. The van der Waals surface area contributed by atoms with Gasteiger partial charge in [0.25, 0.3) is 5.91 Å². The molecule has 2 amide bonds. The van der Waals surface area contributed by atoms with Crippen molar-refractivity contribution >= 4 is 17.9 Å². The van der Waals surface area contributed by atoms with E-state index in [4.69, 9.17) is 9.47 Å². The SMILES string of the molecule is CCOC(=O)N1CCC(NC(=O)c2ccnc(N3CCOCC3)n2)CC1. The summed E-state index contributed by atoms with van der Waals surface area (Å²) < 4.78 is 10.3. The maximum Gasteiger partial charge on any atom is 0.409 e. The number of aromatic nitrogens is 2. The van der Waals surface area contributed by atoms with E-state index in [0.717, 1.165) is 13.1 Å². The molecule has 0 aliphatic carbocycles. The van der Waals surface area contributed by atoms with E-state index < -0.39 is 0 Å². The lowest BCUT2D eigenvalue weighted by atomic mass is 10.1. The number of nitrogens with one attached hydrogen (secondary N) is 1. The second kappa shape index (κ2) is 8.79. The van der Waals surface area contributed by atoms with Gasteiger partial charge in [-0.2, -0.15) is 0 Å². The summed E-state index contributed by atoms with van der Waals surface area (Å²) in [5, 5.41) is 3.01. The maximum absolute atomic E-state index is 12.5. The Morgan fingerprint density at radius 2 is 2.00 bits per heavy atom. The molecule has 0 unspecified atom stereocenters. The fourth-order valence-electron chi connectivity index (χ4n) is 3.07. The van der Waals surface area contributed by atoms with Crippen LogP contribution in [-0.2, 0) is 9.47 Å². The molecule has 9 nitrogen and oxygen atoms in total. The van der Waals surface area contributed by atoms with Crippen LogP contribution in [-0.4, -0.2) is 78.9 Å². The number of ether oxygens (including phenoxy) is 2. The van der Waals surface area contributed by atoms with Crippen molar-refractivity contribution in [2.45, 2.75) is 25.8 Å². The number of likely N-dealkylation sites (tertiary alicyclic amines) is 1. The lowest BCUT2D eigenvalue weighted by Gasteiger charge is -2.31. The number of piperidine rings is 1. The van der Waals surface area contributed by atoms with E-state index in [2.05, 4.69) is 15.3 Å². The van der Waals surface area contributed by atoms with Gasteiger partial charge in [0.05, 0.1) is 19.8 Å². The van der Waals surface area contributed by atoms with E-state index in [9.17, 15) is 9.59 Å². The van der Waals surface area contributed by atoms with Gasteiger partial charge in [0.15, 0.2) is 0 Å². The smallest absolute Gasteiger partial charge is 0.409 e. The molecule has 0 bridgehead atoms. The fraction of sp³-hybridized carbons (Fsp3) is 0.647. The molecular formula is C17H25N5O4. The van der Waals surface area contributed by atoms with Crippen molar-refractivity contribution in [3.8, 4) is 0 Å². The monoisotopic (exact) mass is 363 g/mol. The molecule has 142 valence electrons. The highest BCUT2D eigenvalue weighted by atomic mass is 16.6. The highest BCUT2D eigenvalue weighted by Gasteiger charge is 2.25. The molecule has 0 atom stereocenters. The molecule has 1 N–H and O–H groups in total. The molecule has 1 aromatic rings. The van der Waals surface area contributed by atoms with Crippen molar-refractivity contribution in [3.63, 3.8) is 0 Å². The van der Waals surface area contributed by atoms with Gasteiger partial charge in [0.2, 0.25) is 5.95 Å². The minimum Gasteiger partial charge on any atom is -0.450 e. The summed E-state index contributed by atoms with van der Waals surface area (Å²) in [5.74, 6) is 0.342. The van der Waals surface area contributed by atoms with Crippen molar-refractivity contribution in [2.24, 2.45) is 0 Å². The van der Waals surface area contributed by atoms with Crippen LogP contribution < -0.4 is 10.2 Å². The summed E-state index contributed by atoms with van der Waals surface area (Å²) in [6, 6.07) is 1.64. The zero-order valence-electron chi connectivity index (χ0n) is 15.0. The molecule has 2 saturated heterocycles. The Hall–Kier alpha value is -2.42. The Morgan fingerprint density at radius 1 is 1.27 bits per heavy atom.